The van der Waals surface area contributed by atoms with E-state index >= 15 is 0 Å². The molecule has 2 atom stereocenters. The largest absolute Gasteiger partial charge is 0.494 e. The summed E-state index contributed by atoms with van der Waals surface area (Å²) in [4.78, 5) is 0. The molecule has 1 N–H and O–H groups in total. The van der Waals surface area contributed by atoms with Crippen LogP contribution in [0.15, 0.2) is 42.5 Å². The van der Waals surface area contributed by atoms with Crippen molar-refractivity contribution in [1.29, 1.82) is 0 Å². The van der Waals surface area contributed by atoms with Crippen molar-refractivity contribution in [2.24, 2.45) is 0 Å². The lowest BCUT2D eigenvalue weighted by atomic mass is 9.95. The molecule has 1 aliphatic rings. The molecule has 0 spiro atoms. The van der Waals surface area contributed by atoms with E-state index in [0.29, 0.717) is 18.6 Å². The number of hydrogen-bond donors (Lipinski definition) is 1. The van der Waals surface area contributed by atoms with Crippen LogP contribution in [-0.4, -0.2) is 6.61 Å². The van der Waals surface area contributed by atoms with Gasteiger partial charge in [-0.3, -0.25) is 0 Å². The maximum Gasteiger partial charge on any atom is 0.119 e. The van der Waals surface area contributed by atoms with E-state index in [9.17, 15) is 0 Å². The average Bonchev–Trinajstić information content (AvgIpc) is 2.98. The van der Waals surface area contributed by atoms with E-state index < -0.39 is 0 Å². The molecular formula is C20H25NO. The van der Waals surface area contributed by atoms with E-state index in [-0.39, 0.29) is 0 Å². The van der Waals surface area contributed by atoms with Crippen molar-refractivity contribution in [1.82, 2.24) is 0 Å². The van der Waals surface area contributed by atoms with Crippen LogP contribution in [0, 0.1) is 0 Å². The molecule has 1 heterocycles. The number of nitrogens with one attached hydrogen (secondary N) is 1. The molecular weight excluding hydrogens is 270 g/mol. The summed E-state index contributed by atoms with van der Waals surface area (Å²) in [5.74, 6) is 1.58. The van der Waals surface area contributed by atoms with Gasteiger partial charge in [0.25, 0.3) is 0 Å². The molecule has 2 aromatic rings. The van der Waals surface area contributed by atoms with Crippen LogP contribution >= 0.6 is 0 Å². The van der Waals surface area contributed by atoms with Crippen molar-refractivity contribution in [3.8, 4) is 5.75 Å². The summed E-state index contributed by atoms with van der Waals surface area (Å²) >= 11 is 0. The monoisotopic (exact) mass is 295 g/mol. The lowest BCUT2D eigenvalue weighted by Gasteiger charge is -2.12. The van der Waals surface area contributed by atoms with Gasteiger partial charge in [0.15, 0.2) is 0 Å². The van der Waals surface area contributed by atoms with Crippen LogP contribution in [0.2, 0.25) is 0 Å². The topological polar surface area (TPSA) is 21.3 Å². The second-order valence-electron chi connectivity index (χ2n) is 6.13. The summed E-state index contributed by atoms with van der Waals surface area (Å²) in [7, 11) is 0. The number of hydrogen-bond acceptors (Lipinski definition) is 2. The molecule has 0 saturated heterocycles. The third kappa shape index (κ3) is 2.96. The van der Waals surface area contributed by atoms with Crippen molar-refractivity contribution >= 4 is 5.69 Å². The zero-order chi connectivity index (χ0) is 15.5. The molecule has 0 fully saturated rings. The first kappa shape index (κ1) is 15.0. The maximum absolute atomic E-state index is 5.52. The number of fused-ring (bicyclic) bond motifs is 1. The number of ether oxygens (including phenoxy) is 1. The van der Waals surface area contributed by atoms with E-state index in [4.69, 9.17) is 4.74 Å². The van der Waals surface area contributed by atoms with Crippen LogP contribution in [0.4, 0.5) is 5.69 Å². The normalized spacial score (nSPS) is 17.7. The van der Waals surface area contributed by atoms with Crippen LogP contribution in [0.5, 0.6) is 5.75 Å². The molecule has 2 nitrogen and oxygen atoms in total. The summed E-state index contributed by atoms with van der Waals surface area (Å²) in [6, 6.07) is 15.7. The predicted molar refractivity (Wildman–Crippen MR) is 92.8 cm³/mol. The van der Waals surface area contributed by atoms with Gasteiger partial charge in [-0.2, -0.15) is 0 Å². The Morgan fingerprint density at radius 1 is 1.14 bits per heavy atom. The molecule has 0 aliphatic carbocycles. The van der Waals surface area contributed by atoms with Crippen molar-refractivity contribution < 1.29 is 4.74 Å². The molecule has 0 saturated carbocycles. The quantitative estimate of drug-likeness (QED) is 0.807. The van der Waals surface area contributed by atoms with E-state index in [0.717, 1.165) is 12.2 Å². The molecule has 1 aliphatic heterocycles. The molecule has 3 rings (SSSR count). The summed E-state index contributed by atoms with van der Waals surface area (Å²) in [5, 5.41) is 3.65. The Hall–Kier alpha value is -1.96. The smallest absolute Gasteiger partial charge is 0.119 e. The maximum atomic E-state index is 5.52. The highest BCUT2D eigenvalue weighted by molar-refractivity contribution is 5.59. The minimum atomic E-state index is 0.373. The minimum absolute atomic E-state index is 0.373. The molecule has 0 bridgehead atoms. The Balaban J connectivity index is 1.76. The van der Waals surface area contributed by atoms with Crippen molar-refractivity contribution in [3.63, 3.8) is 0 Å². The van der Waals surface area contributed by atoms with Crippen LogP contribution in [0.25, 0.3) is 0 Å². The number of rotatable bonds is 5. The van der Waals surface area contributed by atoms with Gasteiger partial charge in [-0.15, -0.1) is 0 Å². The first-order valence-electron chi connectivity index (χ1n) is 8.33. The fourth-order valence-electron chi connectivity index (χ4n) is 3.09. The summed E-state index contributed by atoms with van der Waals surface area (Å²) in [6.45, 7) is 7.27. The van der Waals surface area contributed by atoms with Gasteiger partial charge in [0.2, 0.25) is 0 Å². The van der Waals surface area contributed by atoms with Crippen LogP contribution in [-0.2, 0) is 6.42 Å². The lowest BCUT2D eigenvalue weighted by Crippen LogP contribution is -2.05. The fourth-order valence-corrected chi connectivity index (χ4v) is 3.09. The van der Waals surface area contributed by atoms with Gasteiger partial charge in [-0.25, -0.2) is 0 Å². The second-order valence-corrected chi connectivity index (χ2v) is 6.13. The van der Waals surface area contributed by atoms with Gasteiger partial charge >= 0.3 is 0 Å². The molecule has 116 valence electrons. The van der Waals surface area contributed by atoms with Crippen LogP contribution < -0.4 is 10.1 Å². The highest BCUT2D eigenvalue weighted by Gasteiger charge is 2.22. The fraction of sp³-hybridized carbons (Fsp3) is 0.400. The lowest BCUT2D eigenvalue weighted by molar-refractivity contribution is 0.340. The van der Waals surface area contributed by atoms with Gasteiger partial charge in [0.1, 0.15) is 5.75 Å². The van der Waals surface area contributed by atoms with Gasteiger partial charge in [-0.05, 0) is 60.6 Å². The van der Waals surface area contributed by atoms with E-state index in [1.54, 1.807) is 0 Å². The second kappa shape index (κ2) is 6.43. The Bertz CT molecular complexity index is 633. The highest BCUT2D eigenvalue weighted by Crippen LogP contribution is 2.36. The molecule has 0 aromatic heterocycles. The third-order valence-electron chi connectivity index (χ3n) is 4.66. The summed E-state index contributed by atoms with van der Waals surface area (Å²) < 4.78 is 5.52. The van der Waals surface area contributed by atoms with Gasteiger partial charge in [-0.1, -0.05) is 38.1 Å². The van der Waals surface area contributed by atoms with Crippen molar-refractivity contribution in [2.45, 2.75) is 45.6 Å². The van der Waals surface area contributed by atoms with Crippen LogP contribution in [0.3, 0.4) is 0 Å². The standard InChI is InChI=1S/C20H25NO/c1-4-14(3)16-8-11-19-17(12-16)13-20(21-19)15-6-9-18(10-7-15)22-5-2/h6-12,14,20-21H,4-5,13H2,1-3H3. The Labute approximate surface area is 133 Å². The average molecular weight is 295 g/mol. The van der Waals surface area contributed by atoms with Crippen molar-refractivity contribution in [2.75, 3.05) is 11.9 Å². The molecule has 2 heteroatoms. The Morgan fingerprint density at radius 3 is 2.59 bits per heavy atom. The minimum Gasteiger partial charge on any atom is -0.494 e. The van der Waals surface area contributed by atoms with Crippen LogP contribution in [0.1, 0.15) is 55.8 Å². The Kier molecular flexibility index (Phi) is 4.37. The number of anilines is 1. The van der Waals surface area contributed by atoms with E-state index in [1.807, 2.05) is 6.92 Å². The zero-order valence-corrected chi connectivity index (χ0v) is 13.7. The molecule has 0 radical (unpaired) electrons. The summed E-state index contributed by atoms with van der Waals surface area (Å²) in [5.41, 5.74) is 5.50. The SMILES string of the molecule is CCOc1ccc(C2Cc3cc(C(C)CC)ccc3N2)cc1. The van der Waals surface area contributed by atoms with Gasteiger partial charge < -0.3 is 10.1 Å². The van der Waals surface area contributed by atoms with Crippen molar-refractivity contribution in [3.05, 3.63) is 59.2 Å². The highest BCUT2D eigenvalue weighted by atomic mass is 16.5. The van der Waals surface area contributed by atoms with E-state index in [1.165, 1.54) is 28.8 Å². The first-order chi connectivity index (χ1) is 10.7. The molecule has 2 aromatic carbocycles. The third-order valence-corrected chi connectivity index (χ3v) is 4.66. The van der Waals surface area contributed by atoms with E-state index in [2.05, 4.69) is 61.6 Å². The summed E-state index contributed by atoms with van der Waals surface area (Å²) in [6.07, 6.45) is 2.25. The first-order valence-corrected chi connectivity index (χ1v) is 8.33. The molecule has 0 amide bonds. The zero-order valence-electron chi connectivity index (χ0n) is 13.7. The van der Waals surface area contributed by atoms with Gasteiger partial charge in [0, 0.05) is 5.69 Å². The molecule has 22 heavy (non-hydrogen) atoms. The Morgan fingerprint density at radius 2 is 1.91 bits per heavy atom. The predicted octanol–water partition coefficient (Wildman–Crippen LogP) is 5.31. The van der Waals surface area contributed by atoms with Gasteiger partial charge in [0.05, 0.1) is 12.6 Å². The molecule has 2 unspecified atom stereocenters. The number of benzene rings is 2.